The number of likely N-dealkylation sites (N-methyl/N-ethyl adjacent to an activating group) is 1. The van der Waals surface area contributed by atoms with E-state index in [-0.39, 0.29) is 17.9 Å². The van der Waals surface area contributed by atoms with Crippen LogP contribution in [0.25, 0.3) is 0 Å². The van der Waals surface area contributed by atoms with Crippen LogP contribution in [-0.2, 0) is 9.59 Å². The van der Waals surface area contributed by atoms with Crippen molar-refractivity contribution in [3.8, 4) is 0 Å². The van der Waals surface area contributed by atoms with E-state index in [0.717, 1.165) is 39.3 Å². The lowest BCUT2D eigenvalue weighted by molar-refractivity contribution is -0.133. The molecule has 1 fully saturated rings. The summed E-state index contributed by atoms with van der Waals surface area (Å²) in [5.41, 5.74) is 0.634. The van der Waals surface area contributed by atoms with E-state index in [1.54, 1.807) is 12.1 Å². The highest BCUT2D eigenvalue weighted by atomic mass is 35.5. The number of piperazine rings is 1. The normalized spacial score (nSPS) is 16.9. The highest BCUT2D eigenvalue weighted by Crippen LogP contribution is 2.21. The summed E-state index contributed by atoms with van der Waals surface area (Å²) in [6.07, 6.45) is 0. The molecule has 26 heavy (non-hydrogen) atoms. The predicted octanol–water partition coefficient (Wildman–Crippen LogP) is 2.15. The van der Waals surface area contributed by atoms with Crippen LogP contribution in [0.3, 0.4) is 0 Å². The number of para-hydroxylation sites is 1. The molecule has 0 saturated carbocycles. The van der Waals surface area contributed by atoms with Gasteiger partial charge in [-0.25, -0.2) is 0 Å². The molecule has 0 radical (unpaired) electrons. The standard InChI is InChI=1S/C19H29ClN4O2/c1-4-23(5-2)18(25)14-22-10-12-24(13-11-22)15(3)19(26)21-17-9-7-6-8-16(17)20/h6-9,15H,4-5,10-14H2,1-3H3,(H,21,26). The Morgan fingerprint density at radius 3 is 2.35 bits per heavy atom. The Kier molecular flexibility index (Phi) is 7.87. The van der Waals surface area contributed by atoms with Crippen molar-refractivity contribution in [3.63, 3.8) is 0 Å². The molecule has 1 aromatic rings. The number of rotatable bonds is 7. The Bertz CT molecular complexity index is 613. The van der Waals surface area contributed by atoms with Crippen LogP contribution in [-0.4, -0.2) is 78.4 Å². The molecule has 1 saturated heterocycles. The van der Waals surface area contributed by atoms with Crippen LogP contribution < -0.4 is 5.32 Å². The average Bonchev–Trinajstić information content (AvgIpc) is 2.64. The van der Waals surface area contributed by atoms with Crippen LogP contribution in [0.15, 0.2) is 24.3 Å². The molecule has 0 aromatic heterocycles. The van der Waals surface area contributed by atoms with Crippen LogP contribution in [0.1, 0.15) is 20.8 Å². The zero-order chi connectivity index (χ0) is 19.1. The first kappa shape index (κ1) is 20.7. The first-order valence-corrected chi connectivity index (χ1v) is 9.63. The molecule has 1 N–H and O–H groups in total. The molecule has 144 valence electrons. The van der Waals surface area contributed by atoms with Gasteiger partial charge in [0.1, 0.15) is 0 Å². The fourth-order valence-corrected chi connectivity index (χ4v) is 3.32. The number of hydrogen-bond donors (Lipinski definition) is 1. The van der Waals surface area contributed by atoms with Crippen LogP contribution in [0.5, 0.6) is 0 Å². The van der Waals surface area contributed by atoms with E-state index >= 15 is 0 Å². The van der Waals surface area contributed by atoms with Crippen molar-refractivity contribution >= 4 is 29.1 Å². The van der Waals surface area contributed by atoms with Gasteiger partial charge in [0.25, 0.3) is 0 Å². The maximum atomic E-state index is 12.5. The van der Waals surface area contributed by atoms with E-state index in [1.807, 2.05) is 37.8 Å². The van der Waals surface area contributed by atoms with Crippen LogP contribution in [0, 0.1) is 0 Å². The molecular weight excluding hydrogens is 352 g/mol. The maximum absolute atomic E-state index is 12.5. The summed E-state index contributed by atoms with van der Waals surface area (Å²) in [5, 5.41) is 3.43. The van der Waals surface area contributed by atoms with Gasteiger partial charge in [-0.05, 0) is 32.9 Å². The number of carbonyl (C=O) groups excluding carboxylic acids is 2. The van der Waals surface area contributed by atoms with Gasteiger partial charge in [0.15, 0.2) is 0 Å². The number of halogens is 1. The van der Waals surface area contributed by atoms with Gasteiger partial charge in [-0.1, -0.05) is 23.7 Å². The largest absolute Gasteiger partial charge is 0.342 e. The predicted molar refractivity (Wildman–Crippen MR) is 105 cm³/mol. The molecule has 1 unspecified atom stereocenters. The van der Waals surface area contributed by atoms with Gasteiger partial charge in [0.05, 0.1) is 23.3 Å². The topological polar surface area (TPSA) is 55.9 Å². The molecule has 0 spiro atoms. The van der Waals surface area contributed by atoms with Crippen molar-refractivity contribution < 1.29 is 9.59 Å². The number of carbonyl (C=O) groups is 2. The highest BCUT2D eigenvalue weighted by molar-refractivity contribution is 6.33. The zero-order valence-corrected chi connectivity index (χ0v) is 16.6. The number of anilines is 1. The Balaban J connectivity index is 1.82. The Labute approximate surface area is 161 Å². The fourth-order valence-electron chi connectivity index (χ4n) is 3.14. The minimum absolute atomic E-state index is 0.0641. The highest BCUT2D eigenvalue weighted by Gasteiger charge is 2.27. The number of nitrogens with zero attached hydrogens (tertiary/aromatic N) is 3. The lowest BCUT2D eigenvalue weighted by atomic mass is 10.2. The van der Waals surface area contributed by atoms with Crippen molar-refractivity contribution in [2.45, 2.75) is 26.8 Å². The van der Waals surface area contributed by atoms with E-state index in [0.29, 0.717) is 17.3 Å². The summed E-state index contributed by atoms with van der Waals surface area (Å²) in [6, 6.07) is 6.99. The summed E-state index contributed by atoms with van der Waals surface area (Å²) < 4.78 is 0. The molecule has 6 nitrogen and oxygen atoms in total. The molecule has 2 rings (SSSR count). The molecule has 0 aliphatic carbocycles. The molecule has 1 aromatic carbocycles. The summed E-state index contributed by atoms with van der Waals surface area (Å²) in [6.45, 7) is 11.0. The number of benzene rings is 1. The molecular formula is C19H29ClN4O2. The van der Waals surface area contributed by atoms with E-state index in [4.69, 9.17) is 11.6 Å². The Hall–Kier alpha value is -1.63. The number of hydrogen-bond acceptors (Lipinski definition) is 4. The molecule has 7 heteroatoms. The second-order valence-electron chi connectivity index (χ2n) is 6.52. The molecule has 1 heterocycles. The second-order valence-corrected chi connectivity index (χ2v) is 6.93. The molecule has 1 aliphatic heterocycles. The lowest BCUT2D eigenvalue weighted by Crippen LogP contribution is -2.54. The first-order chi connectivity index (χ1) is 12.5. The molecule has 1 aliphatic rings. The van der Waals surface area contributed by atoms with Crippen molar-refractivity contribution in [1.29, 1.82) is 0 Å². The quantitative estimate of drug-likeness (QED) is 0.787. The van der Waals surface area contributed by atoms with Crippen LogP contribution in [0.4, 0.5) is 5.69 Å². The molecule has 0 bridgehead atoms. The van der Waals surface area contributed by atoms with E-state index in [2.05, 4.69) is 15.1 Å². The monoisotopic (exact) mass is 380 g/mol. The van der Waals surface area contributed by atoms with Crippen molar-refractivity contribution in [2.75, 3.05) is 51.1 Å². The van der Waals surface area contributed by atoms with Crippen molar-refractivity contribution in [2.24, 2.45) is 0 Å². The van der Waals surface area contributed by atoms with E-state index in [1.165, 1.54) is 0 Å². The van der Waals surface area contributed by atoms with Gasteiger partial charge in [0.2, 0.25) is 11.8 Å². The summed E-state index contributed by atoms with van der Waals surface area (Å²) in [4.78, 5) is 30.9. The Morgan fingerprint density at radius 1 is 1.15 bits per heavy atom. The average molecular weight is 381 g/mol. The van der Waals surface area contributed by atoms with Crippen LogP contribution in [0.2, 0.25) is 5.02 Å². The number of amides is 2. The molecule has 1 atom stereocenters. The third-order valence-electron chi connectivity index (χ3n) is 4.94. The van der Waals surface area contributed by atoms with Gasteiger partial charge in [-0.15, -0.1) is 0 Å². The SMILES string of the molecule is CCN(CC)C(=O)CN1CCN(C(C)C(=O)Nc2ccccc2Cl)CC1. The zero-order valence-electron chi connectivity index (χ0n) is 15.9. The van der Waals surface area contributed by atoms with Gasteiger partial charge < -0.3 is 10.2 Å². The fraction of sp³-hybridized carbons (Fsp3) is 0.579. The Morgan fingerprint density at radius 2 is 1.77 bits per heavy atom. The van der Waals surface area contributed by atoms with E-state index < -0.39 is 0 Å². The van der Waals surface area contributed by atoms with Gasteiger partial charge in [-0.2, -0.15) is 0 Å². The third kappa shape index (κ3) is 5.43. The number of nitrogens with one attached hydrogen (secondary N) is 1. The van der Waals surface area contributed by atoms with E-state index in [9.17, 15) is 9.59 Å². The lowest BCUT2D eigenvalue weighted by Gasteiger charge is -2.37. The summed E-state index contributed by atoms with van der Waals surface area (Å²) >= 11 is 6.10. The molecule has 2 amide bonds. The smallest absolute Gasteiger partial charge is 0.241 e. The minimum atomic E-state index is -0.244. The minimum Gasteiger partial charge on any atom is -0.342 e. The van der Waals surface area contributed by atoms with Gasteiger partial charge >= 0.3 is 0 Å². The second kappa shape index (κ2) is 9.90. The van der Waals surface area contributed by atoms with Gasteiger partial charge in [0, 0.05) is 39.3 Å². The van der Waals surface area contributed by atoms with Crippen molar-refractivity contribution in [3.05, 3.63) is 29.3 Å². The van der Waals surface area contributed by atoms with Crippen LogP contribution >= 0.6 is 11.6 Å². The van der Waals surface area contributed by atoms with Crippen molar-refractivity contribution in [1.82, 2.24) is 14.7 Å². The first-order valence-electron chi connectivity index (χ1n) is 9.25. The third-order valence-corrected chi connectivity index (χ3v) is 5.27. The summed E-state index contributed by atoms with van der Waals surface area (Å²) in [5.74, 6) is 0.110. The summed E-state index contributed by atoms with van der Waals surface area (Å²) in [7, 11) is 0. The van der Waals surface area contributed by atoms with Gasteiger partial charge in [-0.3, -0.25) is 19.4 Å². The maximum Gasteiger partial charge on any atom is 0.241 e.